The van der Waals surface area contributed by atoms with E-state index in [1.807, 2.05) is 0 Å². The molecule has 0 aromatic heterocycles. The summed E-state index contributed by atoms with van der Waals surface area (Å²) in [4.78, 5) is 22.4. The first-order valence-electron chi connectivity index (χ1n) is 5.29. The third-order valence-corrected chi connectivity index (χ3v) is 2.40. The molecular weight excluding hydrogens is 238 g/mol. The van der Waals surface area contributed by atoms with Crippen LogP contribution in [-0.2, 0) is 9.53 Å². The number of hydrogen-bond acceptors (Lipinski definition) is 4. The molecular formula is C12H15NO5. The van der Waals surface area contributed by atoms with Gasteiger partial charge in [0.15, 0.2) is 6.10 Å². The van der Waals surface area contributed by atoms with E-state index < -0.39 is 18.0 Å². The van der Waals surface area contributed by atoms with Gasteiger partial charge in [-0.3, -0.25) is 4.79 Å². The summed E-state index contributed by atoms with van der Waals surface area (Å²) in [5, 5.41) is 20.7. The first kappa shape index (κ1) is 14.0. The third kappa shape index (κ3) is 3.46. The maximum Gasteiger partial charge on any atom is 0.334 e. The van der Waals surface area contributed by atoms with E-state index in [0.29, 0.717) is 0 Å². The highest BCUT2D eigenvalue weighted by Gasteiger charge is 2.18. The van der Waals surface area contributed by atoms with Gasteiger partial charge < -0.3 is 20.3 Å². The second kappa shape index (κ2) is 6.02. The normalized spacial score (nSPS) is 11.9. The molecule has 98 valence electrons. The van der Waals surface area contributed by atoms with Crippen LogP contribution in [0.4, 0.5) is 0 Å². The zero-order chi connectivity index (χ0) is 13.7. The van der Waals surface area contributed by atoms with Crippen molar-refractivity contribution in [3.63, 3.8) is 0 Å². The minimum atomic E-state index is -1.16. The number of benzene rings is 1. The van der Waals surface area contributed by atoms with E-state index in [1.54, 1.807) is 13.0 Å². The SMILES string of the molecule is COC(CNC(=O)c1cc(C)ccc1O)C(=O)O. The number of hydrogen-bond donors (Lipinski definition) is 3. The van der Waals surface area contributed by atoms with Gasteiger partial charge in [0, 0.05) is 7.11 Å². The maximum absolute atomic E-state index is 11.7. The molecule has 0 aliphatic rings. The molecule has 0 radical (unpaired) electrons. The fourth-order valence-corrected chi connectivity index (χ4v) is 1.38. The molecule has 6 nitrogen and oxygen atoms in total. The Balaban J connectivity index is 2.71. The second-order valence-corrected chi connectivity index (χ2v) is 3.79. The van der Waals surface area contributed by atoms with E-state index in [0.717, 1.165) is 5.56 Å². The lowest BCUT2D eigenvalue weighted by atomic mass is 10.1. The molecule has 1 aromatic carbocycles. The summed E-state index contributed by atoms with van der Waals surface area (Å²) in [6, 6.07) is 4.60. The van der Waals surface area contributed by atoms with Crippen LogP contribution in [0.5, 0.6) is 5.75 Å². The molecule has 0 aliphatic heterocycles. The molecule has 0 saturated carbocycles. The molecule has 0 spiro atoms. The second-order valence-electron chi connectivity index (χ2n) is 3.79. The summed E-state index contributed by atoms with van der Waals surface area (Å²) in [6.45, 7) is 1.61. The molecule has 0 aliphatic carbocycles. The van der Waals surface area contributed by atoms with E-state index >= 15 is 0 Å². The first-order valence-corrected chi connectivity index (χ1v) is 5.29. The predicted molar refractivity (Wildman–Crippen MR) is 63.6 cm³/mol. The lowest BCUT2D eigenvalue weighted by molar-refractivity contribution is -0.148. The number of phenols is 1. The van der Waals surface area contributed by atoms with Gasteiger partial charge in [-0.05, 0) is 19.1 Å². The van der Waals surface area contributed by atoms with Gasteiger partial charge in [-0.15, -0.1) is 0 Å². The Morgan fingerprint density at radius 2 is 2.11 bits per heavy atom. The summed E-state index contributed by atoms with van der Waals surface area (Å²) in [5.41, 5.74) is 0.926. The number of amides is 1. The summed E-state index contributed by atoms with van der Waals surface area (Å²) >= 11 is 0. The smallest absolute Gasteiger partial charge is 0.334 e. The number of ether oxygens (including phenoxy) is 1. The van der Waals surface area contributed by atoms with Crippen LogP contribution in [0.25, 0.3) is 0 Å². The molecule has 1 amide bonds. The predicted octanol–water partition coefficient (Wildman–Crippen LogP) is 0.530. The fraction of sp³-hybridized carbons (Fsp3) is 0.333. The number of aliphatic carboxylic acids is 1. The number of carbonyl (C=O) groups excluding carboxylic acids is 1. The quantitative estimate of drug-likeness (QED) is 0.711. The Morgan fingerprint density at radius 1 is 1.44 bits per heavy atom. The summed E-state index contributed by atoms with van der Waals surface area (Å²) < 4.78 is 4.68. The number of aryl methyl sites for hydroxylation is 1. The van der Waals surface area contributed by atoms with Crippen LogP contribution < -0.4 is 5.32 Å². The number of rotatable bonds is 5. The third-order valence-electron chi connectivity index (χ3n) is 2.40. The standard InChI is InChI=1S/C12H15NO5/c1-7-3-4-9(14)8(5-7)11(15)13-6-10(18-2)12(16)17/h3-5,10,14H,6H2,1-2H3,(H,13,15)(H,16,17). The van der Waals surface area contributed by atoms with Crippen LogP contribution in [0.3, 0.4) is 0 Å². The van der Waals surface area contributed by atoms with Crippen molar-refractivity contribution in [2.24, 2.45) is 0 Å². The van der Waals surface area contributed by atoms with Crippen molar-refractivity contribution in [2.75, 3.05) is 13.7 Å². The Morgan fingerprint density at radius 3 is 2.67 bits per heavy atom. The topological polar surface area (TPSA) is 95.9 Å². The van der Waals surface area contributed by atoms with Crippen molar-refractivity contribution < 1.29 is 24.5 Å². The average Bonchev–Trinajstić information content (AvgIpc) is 2.32. The lowest BCUT2D eigenvalue weighted by Crippen LogP contribution is -2.37. The molecule has 1 aromatic rings. The van der Waals surface area contributed by atoms with E-state index in [2.05, 4.69) is 10.1 Å². The molecule has 1 rings (SSSR count). The van der Waals surface area contributed by atoms with Gasteiger partial charge >= 0.3 is 5.97 Å². The number of aromatic hydroxyl groups is 1. The Hall–Kier alpha value is -2.08. The van der Waals surface area contributed by atoms with E-state index in [-0.39, 0.29) is 17.9 Å². The van der Waals surface area contributed by atoms with Crippen molar-refractivity contribution in [2.45, 2.75) is 13.0 Å². The molecule has 1 atom stereocenters. The van der Waals surface area contributed by atoms with Crippen LogP contribution >= 0.6 is 0 Å². The number of nitrogens with one attached hydrogen (secondary N) is 1. The van der Waals surface area contributed by atoms with E-state index in [1.165, 1.54) is 19.2 Å². The zero-order valence-corrected chi connectivity index (χ0v) is 10.1. The number of carboxylic acids is 1. The van der Waals surface area contributed by atoms with Crippen LogP contribution in [-0.4, -0.2) is 41.8 Å². The molecule has 1 unspecified atom stereocenters. The van der Waals surface area contributed by atoms with Gasteiger partial charge in [0.2, 0.25) is 0 Å². The Labute approximate surface area is 104 Å². The van der Waals surface area contributed by atoms with Crippen molar-refractivity contribution in [3.05, 3.63) is 29.3 Å². The van der Waals surface area contributed by atoms with Crippen LogP contribution in [0.15, 0.2) is 18.2 Å². The molecule has 18 heavy (non-hydrogen) atoms. The molecule has 0 heterocycles. The average molecular weight is 253 g/mol. The highest BCUT2D eigenvalue weighted by molar-refractivity contribution is 5.97. The van der Waals surface area contributed by atoms with E-state index in [4.69, 9.17) is 5.11 Å². The first-order chi connectivity index (χ1) is 8.45. The number of carbonyl (C=O) groups is 2. The minimum absolute atomic E-state index is 0.107. The number of phenolic OH excluding ortho intramolecular Hbond substituents is 1. The molecule has 0 bridgehead atoms. The van der Waals surface area contributed by atoms with Gasteiger partial charge in [0.05, 0.1) is 12.1 Å². The summed E-state index contributed by atoms with van der Waals surface area (Å²) in [5.74, 6) is -1.85. The van der Waals surface area contributed by atoms with Crippen molar-refractivity contribution in [1.82, 2.24) is 5.32 Å². The monoisotopic (exact) mass is 253 g/mol. The van der Waals surface area contributed by atoms with Gasteiger partial charge in [-0.1, -0.05) is 11.6 Å². The number of methoxy groups -OCH3 is 1. The van der Waals surface area contributed by atoms with E-state index in [9.17, 15) is 14.7 Å². The van der Waals surface area contributed by atoms with Gasteiger partial charge in [0.1, 0.15) is 5.75 Å². The largest absolute Gasteiger partial charge is 0.507 e. The Bertz CT molecular complexity index is 458. The summed E-state index contributed by atoms with van der Waals surface area (Å²) in [6.07, 6.45) is -1.11. The van der Waals surface area contributed by atoms with Crippen molar-refractivity contribution in [1.29, 1.82) is 0 Å². The van der Waals surface area contributed by atoms with Crippen LogP contribution in [0.1, 0.15) is 15.9 Å². The van der Waals surface area contributed by atoms with Crippen molar-refractivity contribution in [3.8, 4) is 5.75 Å². The molecule has 6 heteroatoms. The van der Waals surface area contributed by atoms with Crippen molar-refractivity contribution >= 4 is 11.9 Å². The Kier molecular flexibility index (Phi) is 4.67. The lowest BCUT2D eigenvalue weighted by Gasteiger charge is -2.12. The van der Waals surface area contributed by atoms with Gasteiger partial charge in [-0.25, -0.2) is 4.79 Å². The van der Waals surface area contributed by atoms with Crippen LogP contribution in [0.2, 0.25) is 0 Å². The fourth-order valence-electron chi connectivity index (χ4n) is 1.38. The highest BCUT2D eigenvalue weighted by atomic mass is 16.5. The number of carboxylic acid groups (broad SMARTS) is 1. The maximum atomic E-state index is 11.7. The molecule has 0 saturated heterocycles. The highest BCUT2D eigenvalue weighted by Crippen LogP contribution is 2.17. The molecule has 3 N–H and O–H groups in total. The van der Waals surface area contributed by atoms with Gasteiger partial charge in [-0.2, -0.15) is 0 Å². The van der Waals surface area contributed by atoms with Crippen LogP contribution in [0, 0.1) is 6.92 Å². The summed E-state index contributed by atoms with van der Waals surface area (Å²) in [7, 11) is 1.25. The molecule has 0 fully saturated rings. The zero-order valence-electron chi connectivity index (χ0n) is 10.1. The minimum Gasteiger partial charge on any atom is -0.507 e. The van der Waals surface area contributed by atoms with Gasteiger partial charge in [0.25, 0.3) is 5.91 Å².